The summed E-state index contributed by atoms with van der Waals surface area (Å²) in [5.41, 5.74) is 1.57. The van der Waals surface area contributed by atoms with Crippen molar-refractivity contribution < 1.29 is 9.53 Å². The Labute approximate surface area is 158 Å². The molecule has 0 fully saturated rings. The number of nitrogens with zero attached hydrogens (tertiary/aromatic N) is 2. The molecule has 4 rings (SSSR count). The lowest BCUT2D eigenvalue weighted by Gasteiger charge is -2.08. The molecule has 2 heterocycles. The second kappa shape index (κ2) is 7.17. The molecular formula is C20H14ClN3O3. The molecule has 0 unspecified atom stereocenters. The molecule has 0 radical (unpaired) electrons. The van der Waals surface area contributed by atoms with Crippen LogP contribution in [0.3, 0.4) is 0 Å². The number of carbonyl (C=O) groups excluding carboxylic acids is 1. The van der Waals surface area contributed by atoms with Crippen molar-refractivity contribution in [2.75, 3.05) is 0 Å². The van der Waals surface area contributed by atoms with Crippen LogP contribution in [0.5, 0.6) is 0 Å². The van der Waals surface area contributed by atoms with Gasteiger partial charge in [-0.1, -0.05) is 48.0 Å². The van der Waals surface area contributed by atoms with Gasteiger partial charge >= 0.3 is 5.97 Å². The molecule has 0 aliphatic rings. The molecule has 0 aliphatic carbocycles. The van der Waals surface area contributed by atoms with Gasteiger partial charge in [0.05, 0.1) is 23.0 Å². The van der Waals surface area contributed by atoms with E-state index in [0.29, 0.717) is 27.2 Å². The number of benzene rings is 2. The highest BCUT2D eigenvalue weighted by Gasteiger charge is 2.13. The number of aromatic nitrogens is 3. The Kier molecular flexibility index (Phi) is 4.56. The topological polar surface area (TPSA) is 84.9 Å². The van der Waals surface area contributed by atoms with Crippen LogP contribution in [0, 0.1) is 0 Å². The SMILES string of the molecule is O=C(Cc1n[nH]c(=O)c2ccccc12)OCc1cc2ccccc2nc1Cl. The number of H-pyrrole nitrogens is 1. The number of hydrogen-bond donors (Lipinski definition) is 1. The van der Waals surface area contributed by atoms with Crippen LogP contribution in [0.1, 0.15) is 11.3 Å². The fourth-order valence-corrected chi connectivity index (χ4v) is 3.09. The zero-order chi connectivity index (χ0) is 18.8. The Balaban J connectivity index is 1.52. The molecule has 2 aromatic carbocycles. The van der Waals surface area contributed by atoms with Crippen molar-refractivity contribution in [2.24, 2.45) is 0 Å². The van der Waals surface area contributed by atoms with Gasteiger partial charge in [-0.3, -0.25) is 9.59 Å². The molecule has 4 aromatic rings. The van der Waals surface area contributed by atoms with Crippen molar-refractivity contribution in [2.45, 2.75) is 13.0 Å². The largest absolute Gasteiger partial charge is 0.460 e. The van der Waals surface area contributed by atoms with Crippen LogP contribution in [-0.2, 0) is 22.6 Å². The van der Waals surface area contributed by atoms with Crippen LogP contribution < -0.4 is 5.56 Å². The molecule has 2 aromatic heterocycles. The van der Waals surface area contributed by atoms with Crippen molar-refractivity contribution in [3.8, 4) is 0 Å². The maximum Gasteiger partial charge on any atom is 0.312 e. The van der Waals surface area contributed by atoms with Gasteiger partial charge in [0, 0.05) is 16.3 Å². The van der Waals surface area contributed by atoms with E-state index in [2.05, 4.69) is 15.2 Å². The van der Waals surface area contributed by atoms with Crippen LogP contribution in [0.4, 0.5) is 0 Å². The predicted molar refractivity (Wildman–Crippen MR) is 103 cm³/mol. The minimum Gasteiger partial charge on any atom is -0.460 e. The molecule has 0 atom stereocenters. The van der Waals surface area contributed by atoms with E-state index in [1.165, 1.54) is 0 Å². The number of nitrogens with one attached hydrogen (secondary N) is 1. The Morgan fingerprint density at radius 2 is 1.81 bits per heavy atom. The predicted octanol–water partition coefficient (Wildman–Crippen LogP) is 3.41. The highest BCUT2D eigenvalue weighted by molar-refractivity contribution is 6.30. The van der Waals surface area contributed by atoms with Crippen LogP contribution in [0.15, 0.2) is 59.4 Å². The maximum absolute atomic E-state index is 12.3. The number of fused-ring (bicyclic) bond motifs is 2. The molecule has 0 amide bonds. The fourth-order valence-electron chi connectivity index (χ4n) is 2.89. The van der Waals surface area contributed by atoms with Gasteiger partial charge in [-0.25, -0.2) is 10.1 Å². The molecule has 27 heavy (non-hydrogen) atoms. The Morgan fingerprint density at radius 3 is 2.67 bits per heavy atom. The van der Waals surface area contributed by atoms with Crippen LogP contribution in [-0.4, -0.2) is 21.2 Å². The van der Waals surface area contributed by atoms with Crippen molar-refractivity contribution in [1.29, 1.82) is 0 Å². The molecular weight excluding hydrogens is 366 g/mol. The zero-order valence-corrected chi connectivity index (χ0v) is 14.9. The molecule has 1 N–H and O–H groups in total. The van der Waals surface area contributed by atoms with Crippen LogP contribution in [0.2, 0.25) is 5.15 Å². The second-order valence-corrected chi connectivity index (χ2v) is 6.37. The van der Waals surface area contributed by atoms with Gasteiger partial charge in [0.1, 0.15) is 11.8 Å². The van der Waals surface area contributed by atoms with Crippen molar-refractivity contribution in [1.82, 2.24) is 15.2 Å². The van der Waals surface area contributed by atoms with Gasteiger partial charge < -0.3 is 4.74 Å². The molecule has 0 saturated carbocycles. The summed E-state index contributed by atoms with van der Waals surface area (Å²) in [6.07, 6.45) is -0.0596. The van der Waals surface area contributed by atoms with Crippen molar-refractivity contribution >= 4 is 39.2 Å². The monoisotopic (exact) mass is 379 g/mol. The fraction of sp³-hybridized carbons (Fsp3) is 0.100. The number of carbonyl (C=O) groups is 1. The summed E-state index contributed by atoms with van der Waals surface area (Å²) in [6.45, 7) is 0.0107. The molecule has 0 bridgehead atoms. The van der Waals surface area contributed by atoms with Crippen LogP contribution in [0.25, 0.3) is 21.7 Å². The van der Waals surface area contributed by atoms with Gasteiger partial charge in [0.25, 0.3) is 5.56 Å². The summed E-state index contributed by atoms with van der Waals surface area (Å²) in [7, 11) is 0. The Bertz CT molecular complexity index is 1220. The molecule has 0 spiro atoms. The minimum atomic E-state index is -0.469. The second-order valence-electron chi connectivity index (χ2n) is 6.01. The lowest BCUT2D eigenvalue weighted by molar-refractivity contribution is -0.144. The van der Waals surface area contributed by atoms with E-state index < -0.39 is 5.97 Å². The number of aromatic amines is 1. The first-order valence-corrected chi connectivity index (χ1v) is 8.66. The van der Waals surface area contributed by atoms with E-state index >= 15 is 0 Å². The third-order valence-electron chi connectivity index (χ3n) is 4.23. The van der Waals surface area contributed by atoms with E-state index in [-0.39, 0.29) is 18.6 Å². The summed E-state index contributed by atoms with van der Waals surface area (Å²) >= 11 is 6.19. The molecule has 0 saturated heterocycles. The number of halogens is 1. The molecule has 0 aliphatic heterocycles. The summed E-state index contributed by atoms with van der Waals surface area (Å²) in [4.78, 5) is 28.4. The lowest BCUT2D eigenvalue weighted by Crippen LogP contribution is -2.15. The smallest absolute Gasteiger partial charge is 0.312 e. The summed E-state index contributed by atoms with van der Waals surface area (Å²) in [5.74, 6) is -0.469. The normalized spacial score (nSPS) is 11.0. The van der Waals surface area contributed by atoms with Gasteiger partial charge in [-0.2, -0.15) is 5.10 Å². The lowest BCUT2D eigenvalue weighted by atomic mass is 10.1. The molecule has 6 nitrogen and oxygen atoms in total. The third kappa shape index (κ3) is 3.52. The van der Waals surface area contributed by atoms with E-state index in [1.807, 2.05) is 30.3 Å². The standard InChI is InChI=1S/C20H14ClN3O3/c21-19-13(9-12-5-1-4-8-16(12)22-19)11-27-18(25)10-17-14-6-2-3-7-15(14)20(26)24-23-17/h1-9H,10-11H2,(H,24,26). The van der Waals surface area contributed by atoms with E-state index in [0.717, 1.165) is 10.9 Å². The first-order chi connectivity index (χ1) is 13.1. The summed E-state index contributed by atoms with van der Waals surface area (Å²) in [5, 5.41) is 8.72. The number of pyridine rings is 1. The molecule has 7 heteroatoms. The summed E-state index contributed by atoms with van der Waals surface area (Å²) in [6, 6.07) is 16.4. The van der Waals surface area contributed by atoms with Gasteiger partial charge in [0.2, 0.25) is 0 Å². The first kappa shape index (κ1) is 17.2. The van der Waals surface area contributed by atoms with Crippen LogP contribution >= 0.6 is 11.6 Å². The highest BCUT2D eigenvalue weighted by atomic mass is 35.5. The summed E-state index contributed by atoms with van der Waals surface area (Å²) < 4.78 is 5.35. The average Bonchev–Trinajstić information content (AvgIpc) is 2.69. The van der Waals surface area contributed by atoms with E-state index in [1.54, 1.807) is 24.3 Å². The number of ether oxygens (including phenoxy) is 1. The average molecular weight is 380 g/mol. The minimum absolute atomic E-state index is 0.0107. The van der Waals surface area contributed by atoms with Crippen molar-refractivity contribution in [3.05, 3.63) is 81.4 Å². The zero-order valence-electron chi connectivity index (χ0n) is 14.1. The van der Waals surface area contributed by atoms with E-state index in [9.17, 15) is 9.59 Å². The Hall–Kier alpha value is -3.25. The number of rotatable bonds is 4. The number of para-hydroxylation sites is 1. The Morgan fingerprint density at radius 1 is 1.07 bits per heavy atom. The van der Waals surface area contributed by atoms with E-state index in [4.69, 9.17) is 16.3 Å². The maximum atomic E-state index is 12.3. The highest BCUT2D eigenvalue weighted by Crippen LogP contribution is 2.21. The van der Waals surface area contributed by atoms with Gasteiger partial charge in [0.15, 0.2) is 0 Å². The van der Waals surface area contributed by atoms with Gasteiger partial charge in [-0.05, 0) is 18.2 Å². The van der Waals surface area contributed by atoms with Crippen molar-refractivity contribution in [3.63, 3.8) is 0 Å². The van der Waals surface area contributed by atoms with Gasteiger partial charge in [-0.15, -0.1) is 0 Å². The third-order valence-corrected chi connectivity index (χ3v) is 4.55. The number of hydrogen-bond acceptors (Lipinski definition) is 5. The number of esters is 1. The first-order valence-electron chi connectivity index (χ1n) is 8.28. The molecule has 134 valence electrons. The quantitative estimate of drug-likeness (QED) is 0.434.